The van der Waals surface area contributed by atoms with E-state index in [2.05, 4.69) is 10.2 Å². The molecule has 1 unspecified atom stereocenters. The minimum Gasteiger partial charge on any atom is -0.385 e. The molecule has 1 aliphatic rings. The molecule has 0 radical (unpaired) electrons. The first-order valence-electron chi connectivity index (χ1n) is 8.99. The van der Waals surface area contributed by atoms with Crippen LogP contribution in [-0.2, 0) is 4.74 Å². The summed E-state index contributed by atoms with van der Waals surface area (Å²) in [5, 5.41) is 8.67. The lowest BCUT2D eigenvalue weighted by molar-refractivity contribution is 0.0723. The summed E-state index contributed by atoms with van der Waals surface area (Å²) in [6.45, 7) is 1.16. The van der Waals surface area contributed by atoms with Crippen LogP contribution in [0, 0.1) is 0 Å². The largest absolute Gasteiger partial charge is 0.385 e. The van der Waals surface area contributed by atoms with Gasteiger partial charge in [-0.15, -0.1) is 0 Å². The van der Waals surface area contributed by atoms with Crippen molar-refractivity contribution in [1.29, 1.82) is 0 Å². The molecule has 2 heterocycles. The first-order valence-corrected chi connectivity index (χ1v) is 9.75. The molecule has 0 bridgehead atoms. The molecular weight excluding hydrogens is 397 g/mol. The fourth-order valence-corrected chi connectivity index (χ4v) is 3.98. The molecule has 1 N–H and O–H groups in total. The van der Waals surface area contributed by atoms with E-state index in [0.717, 1.165) is 28.8 Å². The van der Waals surface area contributed by atoms with Crippen LogP contribution in [0.1, 0.15) is 34.1 Å². The number of hydrogen-bond donors (Lipinski definition) is 1. The summed E-state index contributed by atoms with van der Waals surface area (Å²) in [6, 6.07) is 14.8. The van der Waals surface area contributed by atoms with Gasteiger partial charge in [0.05, 0.1) is 11.7 Å². The molecule has 1 aliphatic heterocycles. The zero-order chi connectivity index (χ0) is 19.7. The number of aromatic nitrogens is 2. The van der Waals surface area contributed by atoms with Gasteiger partial charge in [-0.3, -0.25) is 9.89 Å². The fraction of sp³-hybridized carbons (Fsp3) is 0.238. The molecule has 0 spiro atoms. The number of nitrogens with one attached hydrogen (secondary N) is 1. The van der Waals surface area contributed by atoms with Gasteiger partial charge in [0.2, 0.25) is 0 Å². The number of nitrogens with zero attached hydrogens (tertiary/aromatic N) is 2. The molecule has 1 amide bonds. The number of benzene rings is 2. The van der Waals surface area contributed by atoms with Crippen LogP contribution in [0.5, 0.6) is 0 Å². The second-order valence-electron chi connectivity index (χ2n) is 6.67. The van der Waals surface area contributed by atoms with Crippen molar-refractivity contribution in [1.82, 2.24) is 15.1 Å². The van der Waals surface area contributed by atoms with Gasteiger partial charge in [0.1, 0.15) is 5.69 Å². The van der Waals surface area contributed by atoms with Gasteiger partial charge in [-0.05, 0) is 36.2 Å². The molecule has 0 saturated heterocycles. The average molecular weight is 416 g/mol. The van der Waals surface area contributed by atoms with Gasteiger partial charge in [0.15, 0.2) is 0 Å². The number of ether oxygens (including phenoxy) is 1. The van der Waals surface area contributed by atoms with Crippen molar-refractivity contribution in [2.75, 3.05) is 20.3 Å². The lowest BCUT2D eigenvalue weighted by Gasteiger charge is -2.26. The highest BCUT2D eigenvalue weighted by molar-refractivity contribution is 6.31. The number of amides is 1. The maximum absolute atomic E-state index is 13.1. The minimum atomic E-state index is -0.262. The van der Waals surface area contributed by atoms with E-state index in [9.17, 15) is 4.79 Å². The number of methoxy groups -OCH3 is 1. The number of aromatic amines is 1. The van der Waals surface area contributed by atoms with Gasteiger partial charge in [0, 0.05) is 41.4 Å². The van der Waals surface area contributed by atoms with E-state index in [1.165, 1.54) is 0 Å². The first kappa shape index (κ1) is 19.0. The maximum atomic E-state index is 13.1. The number of carbonyl (C=O) groups excluding carboxylic acids is 1. The van der Waals surface area contributed by atoms with E-state index in [-0.39, 0.29) is 11.9 Å². The molecule has 28 heavy (non-hydrogen) atoms. The minimum absolute atomic E-state index is 0.0659. The normalized spacial score (nSPS) is 15.9. The topological polar surface area (TPSA) is 58.2 Å². The third-order valence-corrected chi connectivity index (χ3v) is 5.38. The molecule has 7 heteroatoms. The summed E-state index contributed by atoms with van der Waals surface area (Å²) >= 11 is 12.3. The Balaban J connectivity index is 1.82. The summed E-state index contributed by atoms with van der Waals surface area (Å²) in [7, 11) is 1.66. The number of H-pyrrole nitrogens is 1. The van der Waals surface area contributed by atoms with Crippen LogP contribution in [-0.4, -0.2) is 41.3 Å². The van der Waals surface area contributed by atoms with Crippen LogP contribution in [0.2, 0.25) is 10.0 Å². The lowest BCUT2D eigenvalue weighted by atomic mass is 9.96. The van der Waals surface area contributed by atoms with Gasteiger partial charge in [-0.25, -0.2) is 0 Å². The Morgan fingerprint density at radius 2 is 1.93 bits per heavy atom. The Labute approximate surface area is 173 Å². The molecule has 1 aromatic heterocycles. The van der Waals surface area contributed by atoms with Gasteiger partial charge >= 0.3 is 0 Å². The fourth-order valence-electron chi connectivity index (χ4n) is 3.66. The summed E-state index contributed by atoms with van der Waals surface area (Å²) in [5.41, 5.74) is 3.99. The predicted octanol–water partition coefficient (Wildman–Crippen LogP) is 4.97. The van der Waals surface area contributed by atoms with Crippen LogP contribution in [0.3, 0.4) is 0 Å². The van der Waals surface area contributed by atoms with Crippen LogP contribution in [0.4, 0.5) is 0 Å². The molecule has 5 nitrogen and oxygen atoms in total. The maximum Gasteiger partial charge on any atom is 0.273 e. The molecule has 0 fully saturated rings. The molecular formula is C21H19Cl2N3O2. The SMILES string of the molecule is COCCCN1C(=O)c2[nH]nc(-c3ccc(Cl)cc3)c2C1c1cccc(Cl)c1. The van der Waals surface area contributed by atoms with Crippen molar-refractivity contribution in [3.05, 3.63) is 75.4 Å². The molecule has 3 aromatic rings. The van der Waals surface area contributed by atoms with Gasteiger partial charge in [0.25, 0.3) is 5.91 Å². The van der Waals surface area contributed by atoms with E-state index in [1.54, 1.807) is 7.11 Å². The van der Waals surface area contributed by atoms with Crippen molar-refractivity contribution in [2.24, 2.45) is 0 Å². The zero-order valence-corrected chi connectivity index (χ0v) is 16.8. The highest BCUT2D eigenvalue weighted by Crippen LogP contribution is 2.43. The molecule has 2 aromatic carbocycles. The van der Waals surface area contributed by atoms with Crippen molar-refractivity contribution in [3.63, 3.8) is 0 Å². The van der Waals surface area contributed by atoms with Crippen LogP contribution in [0.25, 0.3) is 11.3 Å². The van der Waals surface area contributed by atoms with Gasteiger partial charge in [-0.1, -0.05) is 47.5 Å². The highest BCUT2D eigenvalue weighted by Gasteiger charge is 2.41. The summed E-state index contributed by atoms with van der Waals surface area (Å²) in [5.74, 6) is -0.0659. The monoisotopic (exact) mass is 415 g/mol. The number of fused-ring (bicyclic) bond motifs is 1. The Morgan fingerprint density at radius 1 is 1.14 bits per heavy atom. The summed E-state index contributed by atoms with van der Waals surface area (Å²) in [4.78, 5) is 15.0. The van der Waals surface area contributed by atoms with Gasteiger partial charge in [-0.2, -0.15) is 5.10 Å². The Morgan fingerprint density at radius 3 is 2.64 bits per heavy atom. The Hall–Kier alpha value is -2.34. The third-order valence-electron chi connectivity index (χ3n) is 4.89. The zero-order valence-electron chi connectivity index (χ0n) is 15.3. The molecule has 144 valence electrons. The quantitative estimate of drug-likeness (QED) is 0.578. The molecule has 1 atom stereocenters. The first-order chi connectivity index (χ1) is 13.6. The number of hydrogen-bond acceptors (Lipinski definition) is 3. The van der Waals surface area contributed by atoms with E-state index in [1.807, 2.05) is 53.4 Å². The second-order valence-corrected chi connectivity index (χ2v) is 7.54. The molecule has 4 rings (SSSR count). The Kier molecular flexibility index (Phi) is 5.40. The second kappa shape index (κ2) is 7.95. The summed E-state index contributed by atoms with van der Waals surface area (Å²) < 4.78 is 5.17. The number of halogens is 2. The van der Waals surface area contributed by atoms with Crippen molar-refractivity contribution in [3.8, 4) is 11.3 Å². The van der Waals surface area contributed by atoms with E-state index >= 15 is 0 Å². The third kappa shape index (κ3) is 3.41. The highest BCUT2D eigenvalue weighted by atomic mass is 35.5. The number of rotatable bonds is 6. The van der Waals surface area contributed by atoms with E-state index < -0.39 is 0 Å². The van der Waals surface area contributed by atoms with E-state index in [0.29, 0.717) is 28.9 Å². The van der Waals surface area contributed by atoms with Crippen molar-refractivity contribution < 1.29 is 9.53 Å². The van der Waals surface area contributed by atoms with Crippen molar-refractivity contribution >= 4 is 29.1 Å². The lowest BCUT2D eigenvalue weighted by Crippen LogP contribution is -2.31. The van der Waals surface area contributed by atoms with Crippen LogP contribution >= 0.6 is 23.2 Å². The molecule has 0 aliphatic carbocycles. The van der Waals surface area contributed by atoms with Gasteiger partial charge < -0.3 is 9.64 Å². The smallest absolute Gasteiger partial charge is 0.273 e. The predicted molar refractivity (Wildman–Crippen MR) is 110 cm³/mol. The standard InChI is InChI=1S/C21H19Cl2N3O2/c1-28-11-3-10-26-20(14-4-2-5-16(23)12-14)17-18(24-25-19(17)21(26)27)13-6-8-15(22)9-7-13/h2,4-9,12,20H,3,10-11H2,1H3,(H,24,25). The summed E-state index contributed by atoms with van der Waals surface area (Å²) in [6.07, 6.45) is 0.743. The number of carbonyl (C=O) groups is 1. The van der Waals surface area contributed by atoms with Crippen LogP contribution < -0.4 is 0 Å². The molecule has 0 saturated carbocycles. The van der Waals surface area contributed by atoms with E-state index in [4.69, 9.17) is 27.9 Å². The van der Waals surface area contributed by atoms with Crippen molar-refractivity contribution in [2.45, 2.75) is 12.5 Å². The van der Waals surface area contributed by atoms with Crippen LogP contribution in [0.15, 0.2) is 48.5 Å². The Bertz CT molecular complexity index is 1000. The average Bonchev–Trinajstić information content (AvgIpc) is 3.22.